The Hall–Kier alpha value is -0.780. The highest BCUT2D eigenvalue weighted by Gasteiger charge is 2.28. The van der Waals surface area contributed by atoms with Crippen molar-refractivity contribution in [3.63, 3.8) is 0 Å². The van der Waals surface area contributed by atoms with E-state index in [1.54, 1.807) is 0 Å². The summed E-state index contributed by atoms with van der Waals surface area (Å²) in [7, 11) is 2.98. The lowest BCUT2D eigenvalue weighted by Gasteiger charge is -2.27. The van der Waals surface area contributed by atoms with Crippen LogP contribution in [-0.4, -0.2) is 43.4 Å². The van der Waals surface area contributed by atoms with Gasteiger partial charge in [-0.25, -0.2) is 0 Å². The number of aliphatic hydroxyl groups is 2. The van der Waals surface area contributed by atoms with Crippen LogP contribution in [0.2, 0.25) is 0 Å². The maximum absolute atomic E-state index is 8.93. The van der Waals surface area contributed by atoms with E-state index in [9.17, 15) is 0 Å². The fourth-order valence-electron chi connectivity index (χ4n) is 1.30. The minimum absolute atomic E-state index is 0.0422. The number of aliphatic hydroxyl groups excluding tert-OH is 1. The normalized spacial score (nSPS) is 23.3. The lowest BCUT2D eigenvalue weighted by atomic mass is 10.1. The first kappa shape index (κ1) is 10.3. The highest BCUT2D eigenvalue weighted by atomic mass is 16.6. The van der Waals surface area contributed by atoms with Crippen molar-refractivity contribution in [3.05, 3.63) is 11.5 Å². The van der Waals surface area contributed by atoms with Gasteiger partial charge in [-0.15, -0.1) is 0 Å². The van der Waals surface area contributed by atoms with E-state index in [0.717, 1.165) is 0 Å². The topological polar surface area (TPSA) is 68.2 Å². The van der Waals surface area contributed by atoms with Gasteiger partial charge in [0.1, 0.15) is 6.10 Å². The smallest absolute Gasteiger partial charge is 0.215 e. The van der Waals surface area contributed by atoms with Crippen molar-refractivity contribution in [1.29, 1.82) is 0 Å². The average Bonchev–Trinajstić information content (AvgIpc) is 2.16. The van der Waals surface area contributed by atoms with Crippen molar-refractivity contribution in [3.8, 4) is 0 Å². The number of rotatable bonds is 3. The molecule has 0 amide bonds. The van der Waals surface area contributed by atoms with Crippen LogP contribution in [0.25, 0.3) is 0 Å². The summed E-state index contributed by atoms with van der Waals surface area (Å²) >= 11 is 0. The quantitative estimate of drug-likeness (QED) is 0.592. The number of hydrogen-bond acceptors (Lipinski definition) is 5. The van der Waals surface area contributed by atoms with Gasteiger partial charge in [0.25, 0.3) is 0 Å². The predicted molar refractivity (Wildman–Crippen MR) is 43.6 cm³/mol. The van der Waals surface area contributed by atoms with E-state index < -0.39 is 6.29 Å². The average molecular weight is 190 g/mol. The Balaban J connectivity index is 2.88. The third-order valence-electron chi connectivity index (χ3n) is 1.91. The molecule has 5 nitrogen and oxygen atoms in total. The van der Waals surface area contributed by atoms with E-state index in [-0.39, 0.29) is 11.9 Å². The van der Waals surface area contributed by atoms with Gasteiger partial charge >= 0.3 is 0 Å². The van der Waals surface area contributed by atoms with Crippen LogP contribution in [0.4, 0.5) is 0 Å². The molecular formula is C8H14O5. The summed E-state index contributed by atoms with van der Waals surface area (Å²) in [6, 6.07) is 0. The van der Waals surface area contributed by atoms with Gasteiger partial charge in [0.05, 0.1) is 13.7 Å². The molecule has 1 heterocycles. The largest absolute Gasteiger partial charge is 0.495 e. The molecule has 0 aliphatic carbocycles. The summed E-state index contributed by atoms with van der Waals surface area (Å²) in [5.41, 5.74) is 0. The second kappa shape index (κ2) is 4.45. The first-order chi connectivity index (χ1) is 6.20. The summed E-state index contributed by atoms with van der Waals surface area (Å²) in [4.78, 5) is 0. The lowest BCUT2D eigenvalue weighted by molar-refractivity contribution is -0.0789. The second-order valence-electron chi connectivity index (χ2n) is 2.67. The molecule has 5 heteroatoms. The molecule has 0 saturated heterocycles. The minimum Gasteiger partial charge on any atom is -0.495 e. The Morgan fingerprint density at radius 1 is 1.46 bits per heavy atom. The Morgan fingerprint density at radius 2 is 2.15 bits per heavy atom. The molecule has 0 spiro atoms. The summed E-state index contributed by atoms with van der Waals surface area (Å²) in [6.07, 6.45) is -1.25. The van der Waals surface area contributed by atoms with Gasteiger partial charge in [-0.1, -0.05) is 0 Å². The number of ether oxygens (including phenoxy) is 3. The monoisotopic (exact) mass is 190 g/mol. The molecular weight excluding hydrogens is 176 g/mol. The molecule has 0 fully saturated rings. The van der Waals surface area contributed by atoms with Crippen LogP contribution in [-0.2, 0) is 14.2 Å². The van der Waals surface area contributed by atoms with Crippen molar-refractivity contribution in [2.24, 2.45) is 0 Å². The fourth-order valence-corrected chi connectivity index (χ4v) is 1.30. The maximum atomic E-state index is 8.93. The molecule has 1 atom stereocenters. The SMILES string of the molecule is COC1=C(C(O)O)OCC[C@@H]1OC. The number of methoxy groups -OCH3 is 2. The second-order valence-corrected chi connectivity index (χ2v) is 2.67. The molecule has 0 aromatic carbocycles. The van der Waals surface area contributed by atoms with Crippen LogP contribution in [0.15, 0.2) is 11.5 Å². The first-order valence-electron chi connectivity index (χ1n) is 4.00. The van der Waals surface area contributed by atoms with E-state index in [2.05, 4.69) is 0 Å². The van der Waals surface area contributed by atoms with E-state index in [4.69, 9.17) is 24.4 Å². The third kappa shape index (κ3) is 2.12. The Bertz CT molecular complexity index is 199. The highest BCUT2D eigenvalue weighted by Crippen LogP contribution is 2.23. The Labute approximate surface area is 76.5 Å². The minimum atomic E-state index is -1.65. The zero-order valence-corrected chi connectivity index (χ0v) is 7.69. The van der Waals surface area contributed by atoms with Gasteiger partial charge in [0, 0.05) is 13.5 Å². The molecule has 1 aliphatic heterocycles. The summed E-state index contributed by atoms with van der Waals surface area (Å²) in [5, 5.41) is 17.9. The van der Waals surface area contributed by atoms with Crippen LogP contribution >= 0.6 is 0 Å². The summed E-state index contributed by atoms with van der Waals surface area (Å²) < 4.78 is 15.1. The maximum Gasteiger partial charge on any atom is 0.215 e. The third-order valence-corrected chi connectivity index (χ3v) is 1.91. The van der Waals surface area contributed by atoms with Crippen LogP contribution < -0.4 is 0 Å². The van der Waals surface area contributed by atoms with Crippen LogP contribution in [0.5, 0.6) is 0 Å². The Morgan fingerprint density at radius 3 is 2.62 bits per heavy atom. The number of hydrogen-bond donors (Lipinski definition) is 2. The standard InChI is InChI=1S/C8H14O5/c1-11-5-3-4-13-7(8(9)10)6(5)12-2/h5,8-10H,3-4H2,1-2H3/t5-/m0/s1. The van der Waals surface area contributed by atoms with Crippen molar-refractivity contribution in [2.45, 2.75) is 18.8 Å². The van der Waals surface area contributed by atoms with Crippen LogP contribution in [0.1, 0.15) is 6.42 Å². The molecule has 0 unspecified atom stereocenters. The van der Waals surface area contributed by atoms with Crippen molar-refractivity contribution >= 4 is 0 Å². The molecule has 1 aliphatic rings. The van der Waals surface area contributed by atoms with E-state index >= 15 is 0 Å². The molecule has 0 aromatic heterocycles. The summed E-state index contributed by atoms with van der Waals surface area (Å²) in [6.45, 7) is 0.401. The van der Waals surface area contributed by atoms with Gasteiger partial charge in [0.2, 0.25) is 6.29 Å². The van der Waals surface area contributed by atoms with Crippen molar-refractivity contribution in [2.75, 3.05) is 20.8 Å². The van der Waals surface area contributed by atoms with Crippen molar-refractivity contribution in [1.82, 2.24) is 0 Å². The molecule has 13 heavy (non-hydrogen) atoms. The predicted octanol–water partition coefficient (Wildman–Crippen LogP) is -0.410. The molecule has 0 aromatic rings. The van der Waals surface area contributed by atoms with Gasteiger partial charge in [-0.3, -0.25) is 0 Å². The van der Waals surface area contributed by atoms with Crippen LogP contribution in [0, 0.1) is 0 Å². The molecule has 0 radical (unpaired) electrons. The van der Waals surface area contributed by atoms with E-state index in [1.165, 1.54) is 14.2 Å². The summed E-state index contributed by atoms with van der Waals surface area (Å²) in [5.74, 6) is 0.393. The van der Waals surface area contributed by atoms with E-state index in [0.29, 0.717) is 18.8 Å². The molecule has 76 valence electrons. The zero-order valence-electron chi connectivity index (χ0n) is 7.69. The van der Waals surface area contributed by atoms with Crippen LogP contribution in [0.3, 0.4) is 0 Å². The van der Waals surface area contributed by atoms with Gasteiger partial charge in [-0.2, -0.15) is 0 Å². The van der Waals surface area contributed by atoms with Gasteiger partial charge < -0.3 is 24.4 Å². The highest BCUT2D eigenvalue weighted by molar-refractivity contribution is 5.11. The lowest BCUT2D eigenvalue weighted by Crippen LogP contribution is -2.29. The van der Waals surface area contributed by atoms with Gasteiger partial charge in [0.15, 0.2) is 11.5 Å². The molecule has 2 N–H and O–H groups in total. The van der Waals surface area contributed by atoms with Crippen molar-refractivity contribution < 1.29 is 24.4 Å². The molecule has 1 rings (SSSR count). The Kier molecular flexibility index (Phi) is 3.53. The zero-order chi connectivity index (χ0) is 9.84. The molecule has 0 saturated carbocycles. The molecule has 0 bridgehead atoms. The van der Waals surface area contributed by atoms with E-state index in [1.807, 2.05) is 0 Å². The first-order valence-corrected chi connectivity index (χ1v) is 4.00. The fraction of sp³-hybridized carbons (Fsp3) is 0.750. The van der Waals surface area contributed by atoms with Gasteiger partial charge in [-0.05, 0) is 0 Å².